The predicted octanol–water partition coefficient (Wildman–Crippen LogP) is 6.16. The highest BCUT2D eigenvalue weighted by molar-refractivity contribution is 5.18. The molecule has 1 nitrogen and oxygen atoms in total. The van der Waals surface area contributed by atoms with Gasteiger partial charge in [-0.25, -0.2) is 0 Å². The van der Waals surface area contributed by atoms with Crippen LogP contribution in [0, 0.1) is 22.7 Å². The second kappa shape index (κ2) is 6.15. The van der Waals surface area contributed by atoms with E-state index >= 15 is 0 Å². The van der Waals surface area contributed by atoms with Gasteiger partial charge in [0.25, 0.3) is 0 Å². The van der Waals surface area contributed by atoms with Gasteiger partial charge in [-0.05, 0) is 68.6 Å². The second-order valence-corrected chi connectivity index (χ2v) is 8.90. The second-order valence-electron chi connectivity index (χ2n) is 8.90. The normalized spacial score (nSPS) is 36.9. The maximum atomic E-state index is 5.69. The van der Waals surface area contributed by atoms with E-state index in [-0.39, 0.29) is 5.60 Å². The Morgan fingerprint density at radius 3 is 2.64 bits per heavy atom. The molecule has 0 saturated heterocycles. The molecular weight excluding hydrogens is 268 g/mol. The third-order valence-electron chi connectivity index (χ3n) is 7.12. The molecule has 0 N–H and O–H groups in total. The molecule has 0 aromatic carbocycles. The minimum atomic E-state index is -0.187. The fraction of sp³-hybridized carbons (Fsp3) is 0.810. The average molecular weight is 305 g/mol. The molecule has 0 amide bonds. The van der Waals surface area contributed by atoms with Crippen molar-refractivity contribution in [3.63, 3.8) is 0 Å². The van der Waals surface area contributed by atoms with Crippen molar-refractivity contribution in [2.24, 2.45) is 22.7 Å². The Hall–Kier alpha value is -0.560. The molecule has 2 aliphatic rings. The monoisotopic (exact) mass is 304 g/mol. The van der Waals surface area contributed by atoms with Crippen molar-refractivity contribution >= 4 is 0 Å². The summed E-state index contributed by atoms with van der Waals surface area (Å²) in [5, 5.41) is 0. The van der Waals surface area contributed by atoms with E-state index in [1.165, 1.54) is 32.1 Å². The van der Waals surface area contributed by atoms with Gasteiger partial charge in [0.05, 0.1) is 5.60 Å². The summed E-state index contributed by atoms with van der Waals surface area (Å²) in [6.45, 7) is 16.0. The number of methoxy groups -OCH3 is 1. The van der Waals surface area contributed by atoms with Crippen LogP contribution in [0.1, 0.15) is 73.1 Å². The summed E-state index contributed by atoms with van der Waals surface area (Å²) in [4.78, 5) is 0. The van der Waals surface area contributed by atoms with E-state index in [9.17, 15) is 0 Å². The molecule has 0 aromatic heterocycles. The van der Waals surface area contributed by atoms with Crippen molar-refractivity contribution in [1.29, 1.82) is 0 Å². The highest BCUT2D eigenvalue weighted by Gasteiger charge is 2.51. The number of allylic oxidation sites excluding steroid dienone is 2. The maximum Gasteiger partial charge on any atom is 0.0828 e. The lowest BCUT2D eigenvalue weighted by Crippen LogP contribution is -2.48. The molecule has 2 aliphatic carbocycles. The summed E-state index contributed by atoms with van der Waals surface area (Å²) in [6, 6.07) is 0. The van der Waals surface area contributed by atoms with Gasteiger partial charge in [-0.15, -0.1) is 6.58 Å². The van der Waals surface area contributed by atoms with Crippen LogP contribution in [0.2, 0.25) is 0 Å². The van der Waals surface area contributed by atoms with Crippen LogP contribution < -0.4 is 0 Å². The smallest absolute Gasteiger partial charge is 0.0828 e. The zero-order valence-electron chi connectivity index (χ0n) is 15.7. The summed E-state index contributed by atoms with van der Waals surface area (Å²) in [6.07, 6.45) is 12.2. The summed E-state index contributed by atoms with van der Waals surface area (Å²) in [5.74, 6) is 1.51. The zero-order valence-corrected chi connectivity index (χ0v) is 15.7. The molecule has 0 aromatic rings. The average Bonchev–Trinajstić information content (AvgIpc) is 2.45. The minimum absolute atomic E-state index is 0.187. The van der Waals surface area contributed by atoms with Crippen molar-refractivity contribution in [3.8, 4) is 0 Å². The van der Waals surface area contributed by atoms with Crippen LogP contribution in [0.25, 0.3) is 0 Å². The molecule has 0 aliphatic heterocycles. The minimum Gasteiger partial charge on any atom is -0.374 e. The van der Waals surface area contributed by atoms with E-state index in [2.05, 4.69) is 47.3 Å². The van der Waals surface area contributed by atoms with E-state index in [1.807, 2.05) is 6.08 Å². The number of hydrogen-bond donors (Lipinski definition) is 0. The van der Waals surface area contributed by atoms with Gasteiger partial charge in [-0.1, -0.05) is 44.9 Å². The van der Waals surface area contributed by atoms with Crippen molar-refractivity contribution in [2.75, 3.05) is 7.11 Å². The molecule has 1 saturated carbocycles. The number of fused-ring (bicyclic) bond motifs is 1. The van der Waals surface area contributed by atoms with E-state index in [0.717, 1.165) is 12.3 Å². The summed E-state index contributed by atoms with van der Waals surface area (Å²) < 4.78 is 5.69. The van der Waals surface area contributed by atoms with Gasteiger partial charge >= 0.3 is 0 Å². The molecule has 1 heteroatoms. The lowest BCUT2D eigenvalue weighted by atomic mass is 9.48. The molecule has 1 fully saturated rings. The first-order valence-electron chi connectivity index (χ1n) is 9.04. The lowest BCUT2D eigenvalue weighted by Gasteiger charge is -2.57. The Balaban J connectivity index is 2.23. The van der Waals surface area contributed by atoms with Crippen LogP contribution in [0.5, 0.6) is 0 Å². The van der Waals surface area contributed by atoms with Gasteiger partial charge in [-0.3, -0.25) is 0 Å². The number of rotatable bonds is 5. The number of ether oxygens (including phenoxy) is 1. The Morgan fingerprint density at radius 2 is 2.05 bits per heavy atom. The van der Waals surface area contributed by atoms with Gasteiger partial charge in [0, 0.05) is 7.11 Å². The summed E-state index contributed by atoms with van der Waals surface area (Å²) in [7, 11) is 1.81. The quantitative estimate of drug-likeness (QED) is 0.553. The van der Waals surface area contributed by atoms with Crippen molar-refractivity contribution in [3.05, 3.63) is 24.3 Å². The molecular formula is C21H36O. The lowest BCUT2D eigenvalue weighted by molar-refractivity contribution is -0.0466. The SMILES string of the molecule is C=C[C@@](C)(CC[C@@H]1C(C)=CC[C@H]2C(C)(C)CCC[C@]12C)OC. The molecule has 4 atom stereocenters. The van der Waals surface area contributed by atoms with E-state index in [4.69, 9.17) is 4.74 Å². The van der Waals surface area contributed by atoms with Gasteiger partial charge < -0.3 is 4.74 Å². The van der Waals surface area contributed by atoms with E-state index in [0.29, 0.717) is 16.7 Å². The molecule has 0 unspecified atom stereocenters. The third kappa shape index (κ3) is 3.07. The van der Waals surface area contributed by atoms with Crippen LogP contribution in [-0.2, 0) is 4.74 Å². The van der Waals surface area contributed by atoms with Gasteiger partial charge in [0.1, 0.15) is 0 Å². The van der Waals surface area contributed by atoms with Crippen LogP contribution in [0.3, 0.4) is 0 Å². The van der Waals surface area contributed by atoms with Crippen LogP contribution in [0.15, 0.2) is 24.3 Å². The fourth-order valence-electron chi connectivity index (χ4n) is 5.41. The fourth-order valence-corrected chi connectivity index (χ4v) is 5.41. The third-order valence-corrected chi connectivity index (χ3v) is 7.12. The molecule has 0 radical (unpaired) electrons. The standard InChI is InChI=1S/C21H36O/c1-8-20(5,22-7)15-12-17-16(2)10-11-18-19(3,4)13-9-14-21(17,18)6/h8,10,17-18H,1,9,11-15H2,2-7H3/t17-,18+,20+,21-/m1/s1. The molecule has 126 valence electrons. The number of hydrogen-bond acceptors (Lipinski definition) is 1. The molecule has 0 heterocycles. The first kappa shape index (κ1) is 17.8. The summed E-state index contributed by atoms with van der Waals surface area (Å²) >= 11 is 0. The maximum absolute atomic E-state index is 5.69. The first-order chi connectivity index (χ1) is 10.2. The van der Waals surface area contributed by atoms with E-state index in [1.54, 1.807) is 12.7 Å². The summed E-state index contributed by atoms with van der Waals surface area (Å²) in [5.41, 5.74) is 2.36. The van der Waals surface area contributed by atoms with Gasteiger partial charge in [-0.2, -0.15) is 0 Å². The van der Waals surface area contributed by atoms with Crippen LogP contribution in [0.4, 0.5) is 0 Å². The van der Waals surface area contributed by atoms with Crippen molar-refractivity contribution in [2.45, 2.75) is 78.7 Å². The largest absolute Gasteiger partial charge is 0.374 e. The van der Waals surface area contributed by atoms with Crippen molar-refractivity contribution in [1.82, 2.24) is 0 Å². The highest BCUT2D eigenvalue weighted by atomic mass is 16.5. The molecule has 0 spiro atoms. The Kier molecular flexibility index (Phi) is 4.97. The van der Waals surface area contributed by atoms with Gasteiger partial charge in [0.2, 0.25) is 0 Å². The highest BCUT2D eigenvalue weighted by Crippen LogP contribution is 2.60. The molecule has 2 rings (SSSR count). The first-order valence-corrected chi connectivity index (χ1v) is 9.04. The molecule has 22 heavy (non-hydrogen) atoms. The Labute approximate surface area is 138 Å². The molecule has 0 bridgehead atoms. The zero-order chi connectivity index (χ0) is 16.6. The predicted molar refractivity (Wildman–Crippen MR) is 95.9 cm³/mol. The van der Waals surface area contributed by atoms with Gasteiger partial charge in [0.15, 0.2) is 0 Å². The van der Waals surface area contributed by atoms with Crippen LogP contribution in [-0.4, -0.2) is 12.7 Å². The van der Waals surface area contributed by atoms with Crippen LogP contribution >= 0.6 is 0 Å². The van der Waals surface area contributed by atoms with E-state index < -0.39 is 0 Å². The Bertz CT molecular complexity index is 447. The van der Waals surface area contributed by atoms with Crippen molar-refractivity contribution < 1.29 is 4.74 Å². The Morgan fingerprint density at radius 1 is 1.36 bits per heavy atom. The topological polar surface area (TPSA) is 9.23 Å².